The van der Waals surface area contributed by atoms with Crippen LogP contribution in [0.2, 0.25) is 5.02 Å². The van der Waals surface area contributed by atoms with Crippen molar-refractivity contribution in [2.75, 3.05) is 37.7 Å². The lowest BCUT2D eigenvalue weighted by molar-refractivity contribution is -0.904. The number of benzene rings is 2. The highest BCUT2D eigenvalue weighted by Crippen LogP contribution is 2.35. The molecule has 170 valence electrons. The summed E-state index contributed by atoms with van der Waals surface area (Å²) in [6.07, 6.45) is 3.25. The molecule has 0 spiro atoms. The van der Waals surface area contributed by atoms with E-state index in [9.17, 15) is 10.5 Å². The number of aliphatic hydroxyl groups is 1. The molecule has 4 rings (SSSR count). The molecule has 0 saturated carbocycles. The minimum absolute atomic E-state index is 0.0267. The van der Waals surface area contributed by atoms with Gasteiger partial charge in [-0.3, -0.25) is 10.1 Å². The van der Waals surface area contributed by atoms with Crippen LogP contribution in [0.3, 0.4) is 0 Å². The van der Waals surface area contributed by atoms with Crippen molar-refractivity contribution in [1.29, 1.82) is 5.26 Å². The van der Waals surface area contributed by atoms with E-state index in [1.54, 1.807) is 18.5 Å². The molecule has 1 aromatic heterocycles. The maximum Gasteiger partial charge on any atom is 0.222 e. The van der Waals surface area contributed by atoms with E-state index in [0.717, 1.165) is 47.7 Å². The van der Waals surface area contributed by atoms with Gasteiger partial charge in [-0.25, -0.2) is 0 Å². The summed E-state index contributed by atoms with van der Waals surface area (Å²) in [5.74, 6) is 0.566. The first-order valence-corrected chi connectivity index (χ1v) is 11.2. The number of nitrogens with zero attached hydrogens (tertiary/aromatic N) is 4. The SMILES string of the molecule is N#Cc1cc(OCCO)ccc1N1CCN(Cc2cc[n+](O)cc2)C[C@H]1c1ccc(Cl)cc1. The minimum atomic E-state index is -0.0794. The molecule has 1 fully saturated rings. The Morgan fingerprint density at radius 1 is 1.09 bits per heavy atom. The van der Waals surface area contributed by atoms with Gasteiger partial charge in [0.05, 0.1) is 23.9 Å². The second-order valence-electron chi connectivity index (χ2n) is 7.95. The van der Waals surface area contributed by atoms with Crippen molar-refractivity contribution in [3.05, 3.63) is 88.7 Å². The van der Waals surface area contributed by atoms with Gasteiger partial charge >= 0.3 is 0 Å². The molecule has 0 radical (unpaired) electrons. The fraction of sp³-hybridized carbons (Fsp3) is 0.280. The van der Waals surface area contributed by atoms with Gasteiger partial charge in [-0.05, 0) is 41.5 Å². The summed E-state index contributed by atoms with van der Waals surface area (Å²) in [5.41, 5.74) is 3.63. The van der Waals surface area contributed by atoms with Gasteiger partial charge in [0.25, 0.3) is 0 Å². The van der Waals surface area contributed by atoms with Crippen molar-refractivity contribution >= 4 is 17.3 Å². The summed E-state index contributed by atoms with van der Waals surface area (Å²) in [4.78, 5) is 4.64. The molecule has 1 saturated heterocycles. The number of aromatic nitrogens is 1. The van der Waals surface area contributed by atoms with Crippen LogP contribution in [0.25, 0.3) is 0 Å². The van der Waals surface area contributed by atoms with Crippen LogP contribution in [0.15, 0.2) is 67.0 Å². The molecule has 33 heavy (non-hydrogen) atoms. The van der Waals surface area contributed by atoms with E-state index >= 15 is 0 Å². The third-order valence-electron chi connectivity index (χ3n) is 5.77. The molecule has 0 unspecified atom stereocenters. The van der Waals surface area contributed by atoms with Crippen LogP contribution in [0.4, 0.5) is 5.69 Å². The Kier molecular flexibility index (Phi) is 7.30. The molecule has 2 N–H and O–H groups in total. The smallest absolute Gasteiger partial charge is 0.222 e. The van der Waals surface area contributed by atoms with Crippen molar-refractivity contribution in [2.45, 2.75) is 12.6 Å². The zero-order chi connectivity index (χ0) is 23.2. The average molecular weight is 466 g/mol. The third-order valence-corrected chi connectivity index (χ3v) is 6.02. The number of anilines is 1. The Morgan fingerprint density at radius 2 is 1.85 bits per heavy atom. The largest absolute Gasteiger partial charge is 0.491 e. The molecule has 8 heteroatoms. The molecule has 2 aromatic carbocycles. The number of rotatable bonds is 7. The van der Waals surface area contributed by atoms with Gasteiger partial charge in [0.1, 0.15) is 18.4 Å². The van der Waals surface area contributed by atoms with Crippen LogP contribution in [0.5, 0.6) is 5.75 Å². The number of hydrogen-bond acceptors (Lipinski definition) is 6. The Hall–Kier alpha value is -3.31. The number of hydrogen-bond donors (Lipinski definition) is 2. The van der Waals surface area contributed by atoms with Crippen molar-refractivity contribution in [2.24, 2.45) is 0 Å². The highest BCUT2D eigenvalue weighted by atomic mass is 35.5. The molecule has 3 aromatic rings. The van der Waals surface area contributed by atoms with Crippen molar-refractivity contribution in [3.63, 3.8) is 0 Å². The van der Waals surface area contributed by atoms with Crippen molar-refractivity contribution in [3.8, 4) is 11.8 Å². The monoisotopic (exact) mass is 465 g/mol. The summed E-state index contributed by atoms with van der Waals surface area (Å²) in [6.45, 7) is 3.20. The normalized spacial score (nSPS) is 16.4. The minimum Gasteiger partial charge on any atom is -0.491 e. The summed E-state index contributed by atoms with van der Waals surface area (Å²) < 4.78 is 6.53. The van der Waals surface area contributed by atoms with E-state index in [0.29, 0.717) is 16.3 Å². The zero-order valence-electron chi connectivity index (χ0n) is 18.1. The van der Waals surface area contributed by atoms with Gasteiger partial charge in [0.15, 0.2) is 0 Å². The van der Waals surface area contributed by atoms with Crippen LogP contribution in [0, 0.1) is 11.3 Å². The lowest BCUT2D eigenvalue weighted by Crippen LogP contribution is -2.48. The molecule has 0 amide bonds. The molecule has 7 nitrogen and oxygen atoms in total. The Bertz CT molecular complexity index is 1120. The Balaban J connectivity index is 1.62. The van der Waals surface area contributed by atoms with Gasteiger partial charge in [-0.1, -0.05) is 23.7 Å². The summed E-state index contributed by atoms with van der Waals surface area (Å²) in [5, 5.41) is 29.0. The maximum absolute atomic E-state index is 9.83. The van der Waals surface area contributed by atoms with Gasteiger partial charge in [0.2, 0.25) is 12.4 Å². The van der Waals surface area contributed by atoms with E-state index in [2.05, 4.69) is 15.9 Å². The lowest BCUT2D eigenvalue weighted by Gasteiger charge is -2.43. The number of aliphatic hydroxyl groups excluding tert-OH is 1. The molecule has 1 atom stereocenters. The molecular formula is C25H26ClN4O3+. The fourth-order valence-electron chi connectivity index (χ4n) is 4.16. The predicted octanol–water partition coefficient (Wildman–Crippen LogP) is 3.17. The number of ether oxygens (including phenoxy) is 1. The van der Waals surface area contributed by atoms with Gasteiger partial charge in [-0.15, -0.1) is 0 Å². The number of piperazine rings is 1. The van der Waals surface area contributed by atoms with E-state index in [1.165, 1.54) is 0 Å². The summed E-state index contributed by atoms with van der Waals surface area (Å²) >= 11 is 6.14. The summed E-state index contributed by atoms with van der Waals surface area (Å²) in [7, 11) is 0. The van der Waals surface area contributed by atoms with Crippen LogP contribution in [-0.4, -0.2) is 48.1 Å². The predicted molar refractivity (Wildman–Crippen MR) is 124 cm³/mol. The Labute approximate surface area is 198 Å². The fourth-order valence-corrected chi connectivity index (χ4v) is 4.29. The quantitative estimate of drug-likeness (QED) is 0.412. The number of pyridine rings is 1. The van der Waals surface area contributed by atoms with E-state index in [1.807, 2.05) is 48.5 Å². The molecular weight excluding hydrogens is 440 g/mol. The van der Waals surface area contributed by atoms with Crippen molar-refractivity contribution in [1.82, 2.24) is 4.90 Å². The van der Waals surface area contributed by atoms with Gasteiger partial charge < -0.3 is 14.7 Å². The third kappa shape index (κ3) is 5.55. The highest BCUT2D eigenvalue weighted by molar-refractivity contribution is 6.30. The number of halogens is 1. The van der Waals surface area contributed by atoms with E-state index in [4.69, 9.17) is 21.4 Å². The molecule has 1 aliphatic heterocycles. The van der Waals surface area contributed by atoms with Crippen molar-refractivity contribution < 1.29 is 19.8 Å². The molecule has 0 aliphatic carbocycles. The zero-order valence-corrected chi connectivity index (χ0v) is 18.9. The van der Waals surface area contributed by atoms with E-state index < -0.39 is 0 Å². The molecule has 0 bridgehead atoms. The van der Waals surface area contributed by atoms with Gasteiger partial charge in [0, 0.05) is 48.1 Å². The Morgan fingerprint density at radius 3 is 2.55 bits per heavy atom. The number of nitriles is 1. The van der Waals surface area contributed by atoms with Crippen LogP contribution in [0.1, 0.15) is 22.7 Å². The van der Waals surface area contributed by atoms with Crippen LogP contribution in [-0.2, 0) is 6.54 Å². The molecule has 1 aliphatic rings. The second-order valence-corrected chi connectivity index (χ2v) is 8.38. The lowest BCUT2D eigenvalue weighted by atomic mass is 9.99. The standard InChI is InChI=1S/C25H26ClN4O3/c26-22-3-1-20(2-4-22)25-18-28(17-19-7-9-29(32)10-8-19)11-12-30(25)24-6-5-23(33-14-13-31)15-21(24)16-27/h1-10,15,25,31-32H,11-14,17-18H2/q+1/t25-/m0/s1. The second kappa shape index (κ2) is 10.5. The summed E-state index contributed by atoms with van der Waals surface area (Å²) in [6, 6.07) is 19.5. The first-order chi connectivity index (χ1) is 16.1. The van der Waals surface area contributed by atoms with Gasteiger partial charge in [-0.2, -0.15) is 5.26 Å². The first kappa shape index (κ1) is 22.9. The molecule has 2 heterocycles. The maximum atomic E-state index is 9.83. The first-order valence-electron chi connectivity index (χ1n) is 10.8. The van der Waals surface area contributed by atoms with Crippen LogP contribution >= 0.6 is 11.6 Å². The highest BCUT2D eigenvalue weighted by Gasteiger charge is 2.30. The average Bonchev–Trinajstić information content (AvgIpc) is 2.84. The van der Waals surface area contributed by atoms with E-state index in [-0.39, 0.29) is 19.3 Å². The van der Waals surface area contributed by atoms with Crippen LogP contribution < -0.4 is 14.4 Å². The topological polar surface area (TPSA) is 83.8 Å².